The van der Waals surface area contributed by atoms with E-state index in [1.54, 1.807) is 24.0 Å². The van der Waals surface area contributed by atoms with Gasteiger partial charge in [-0.1, -0.05) is 17.7 Å². The number of carbonyl (C=O) groups is 1. The molecule has 1 fully saturated rings. The third-order valence-electron chi connectivity index (χ3n) is 5.12. The summed E-state index contributed by atoms with van der Waals surface area (Å²) in [6.07, 6.45) is 0.949. The van der Waals surface area contributed by atoms with Crippen LogP contribution in [0.5, 0.6) is 11.6 Å². The van der Waals surface area contributed by atoms with Crippen molar-refractivity contribution in [3.8, 4) is 11.6 Å². The first-order valence-corrected chi connectivity index (χ1v) is 11.6. The van der Waals surface area contributed by atoms with Gasteiger partial charge in [0.2, 0.25) is 0 Å². The highest BCUT2D eigenvalue weighted by Gasteiger charge is 2.31. The van der Waals surface area contributed by atoms with Crippen LogP contribution in [0.4, 0.5) is 25.1 Å². The number of aromatic nitrogens is 1. The van der Waals surface area contributed by atoms with Crippen molar-refractivity contribution >= 4 is 29.2 Å². The van der Waals surface area contributed by atoms with E-state index in [-0.39, 0.29) is 30.4 Å². The van der Waals surface area contributed by atoms with E-state index in [1.807, 2.05) is 43.9 Å². The van der Waals surface area contributed by atoms with Crippen LogP contribution in [-0.4, -0.2) is 53.9 Å². The quantitative estimate of drug-likeness (QED) is 0.449. The molecule has 34 heavy (non-hydrogen) atoms. The molecule has 1 aliphatic heterocycles. The second kappa shape index (κ2) is 11.1. The molecule has 1 aromatic heterocycles. The van der Waals surface area contributed by atoms with Gasteiger partial charge >= 0.3 is 12.7 Å². The Balaban J connectivity index is 1.89. The lowest BCUT2D eigenvalue weighted by Crippen LogP contribution is -2.47. The fraction of sp³-hybridized carbons (Fsp3) is 0.500. The van der Waals surface area contributed by atoms with Crippen LogP contribution in [0.2, 0.25) is 5.02 Å². The van der Waals surface area contributed by atoms with Crippen LogP contribution in [0.15, 0.2) is 36.4 Å². The van der Waals surface area contributed by atoms with Gasteiger partial charge in [0.15, 0.2) is 5.75 Å². The van der Waals surface area contributed by atoms with Crippen LogP contribution < -0.4 is 14.4 Å². The predicted molar refractivity (Wildman–Crippen MR) is 126 cm³/mol. The summed E-state index contributed by atoms with van der Waals surface area (Å²) in [4.78, 5) is 20.7. The zero-order valence-electron chi connectivity index (χ0n) is 19.8. The van der Waals surface area contributed by atoms with Gasteiger partial charge in [0.25, 0.3) is 5.88 Å². The number of ether oxygens (including phenoxy) is 3. The monoisotopic (exact) mass is 497 g/mol. The lowest BCUT2D eigenvalue weighted by Gasteiger charge is -2.39. The number of carbonyl (C=O) groups excluding carboxylic acids is 1. The Labute approximate surface area is 203 Å². The Hall–Kier alpha value is -2.81. The minimum absolute atomic E-state index is 0.0153. The van der Waals surface area contributed by atoms with Gasteiger partial charge in [-0.2, -0.15) is 13.8 Å². The molecule has 0 N–H and O–H groups in total. The van der Waals surface area contributed by atoms with Gasteiger partial charge in [-0.05, 0) is 70.9 Å². The number of amides is 1. The van der Waals surface area contributed by atoms with Crippen molar-refractivity contribution in [2.24, 2.45) is 0 Å². The summed E-state index contributed by atoms with van der Waals surface area (Å²) >= 11 is 6.26. The zero-order valence-corrected chi connectivity index (χ0v) is 20.5. The molecule has 1 aliphatic rings. The molecule has 0 spiro atoms. The number of halogens is 3. The minimum atomic E-state index is -2.99. The molecule has 1 aromatic carbocycles. The van der Waals surface area contributed by atoms with Crippen LogP contribution in [-0.2, 0) is 4.74 Å². The van der Waals surface area contributed by atoms with Crippen LogP contribution in [0.3, 0.4) is 0 Å². The molecule has 2 aromatic rings. The topological polar surface area (TPSA) is 64.1 Å². The molecule has 1 amide bonds. The van der Waals surface area contributed by atoms with Crippen molar-refractivity contribution in [1.29, 1.82) is 0 Å². The van der Waals surface area contributed by atoms with Gasteiger partial charge in [-0.25, -0.2) is 4.79 Å². The van der Waals surface area contributed by atoms with Crippen LogP contribution in [0.1, 0.15) is 40.5 Å². The Morgan fingerprint density at radius 2 is 1.94 bits per heavy atom. The first-order chi connectivity index (χ1) is 16.1. The molecule has 2 heterocycles. The highest BCUT2D eigenvalue weighted by atomic mass is 35.5. The van der Waals surface area contributed by atoms with Crippen molar-refractivity contribution in [3.05, 3.63) is 41.4 Å². The number of alkyl halides is 2. The van der Waals surface area contributed by atoms with E-state index in [4.69, 9.17) is 21.1 Å². The average Bonchev–Trinajstić information content (AvgIpc) is 2.75. The second-order valence-electron chi connectivity index (χ2n) is 8.83. The third kappa shape index (κ3) is 6.85. The van der Waals surface area contributed by atoms with Crippen molar-refractivity contribution in [1.82, 2.24) is 9.88 Å². The largest absolute Gasteiger partial charge is 0.475 e. The lowest BCUT2D eigenvalue weighted by molar-refractivity contribution is -0.0518. The molecule has 3 rings (SSSR count). The molecule has 0 saturated carbocycles. The number of hydrogen-bond acceptors (Lipinski definition) is 6. The molecule has 0 aliphatic carbocycles. The molecule has 0 atom stereocenters. The minimum Gasteiger partial charge on any atom is -0.475 e. The van der Waals surface area contributed by atoms with Gasteiger partial charge in [0.1, 0.15) is 11.4 Å². The number of pyridine rings is 1. The highest BCUT2D eigenvalue weighted by Crippen LogP contribution is 2.36. The van der Waals surface area contributed by atoms with E-state index in [1.165, 1.54) is 6.07 Å². The SMILES string of the molecule is CCOc1nc(N(c2cccc(Cl)c2)C2CCN(C(=O)OC(C)(C)C)CC2)ccc1OC(F)F. The summed E-state index contributed by atoms with van der Waals surface area (Å²) in [7, 11) is 0. The summed E-state index contributed by atoms with van der Waals surface area (Å²) in [5, 5.41) is 0.552. The number of nitrogens with zero attached hydrogens (tertiary/aromatic N) is 3. The number of piperidine rings is 1. The van der Waals surface area contributed by atoms with Crippen molar-refractivity contribution in [2.75, 3.05) is 24.6 Å². The van der Waals surface area contributed by atoms with Gasteiger partial charge in [0, 0.05) is 29.8 Å². The molecular weight excluding hydrogens is 468 g/mol. The standard InChI is InChI=1S/C24H30ClF2N3O4/c1-5-32-21-19(33-22(26)27)9-10-20(28-21)30(18-8-6-7-16(25)15-18)17-11-13-29(14-12-17)23(31)34-24(2,3)4/h6-10,15,17,22H,5,11-14H2,1-4H3. The molecule has 0 bridgehead atoms. The van der Waals surface area contributed by atoms with Gasteiger partial charge < -0.3 is 24.0 Å². The fourth-order valence-corrected chi connectivity index (χ4v) is 3.95. The third-order valence-corrected chi connectivity index (χ3v) is 5.36. The Bertz CT molecular complexity index is 979. The average molecular weight is 498 g/mol. The maximum absolute atomic E-state index is 12.8. The molecule has 1 saturated heterocycles. The van der Waals surface area contributed by atoms with Crippen LogP contribution in [0.25, 0.3) is 0 Å². The summed E-state index contributed by atoms with van der Waals surface area (Å²) < 4.78 is 41.2. The number of rotatable bonds is 7. The van der Waals surface area contributed by atoms with Gasteiger partial charge in [-0.3, -0.25) is 0 Å². The van der Waals surface area contributed by atoms with Gasteiger partial charge in [0.05, 0.1) is 6.61 Å². The molecular formula is C24H30ClF2N3O4. The van der Waals surface area contributed by atoms with E-state index in [0.29, 0.717) is 36.8 Å². The predicted octanol–water partition coefficient (Wildman–Crippen LogP) is 6.27. The molecule has 186 valence electrons. The Kier molecular flexibility index (Phi) is 8.41. The van der Waals surface area contributed by atoms with E-state index in [2.05, 4.69) is 9.72 Å². The summed E-state index contributed by atoms with van der Waals surface area (Å²) in [5.74, 6) is 0.355. The maximum atomic E-state index is 12.8. The maximum Gasteiger partial charge on any atom is 0.410 e. The number of hydrogen-bond donors (Lipinski definition) is 0. The van der Waals surface area contributed by atoms with E-state index < -0.39 is 12.2 Å². The van der Waals surface area contributed by atoms with Crippen molar-refractivity contribution in [2.45, 2.75) is 58.8 Å². The normalized spacial score (nSPS) is 14.8. The van der Waals surface area contributed by atoms with Gasteiger partial charge in [-0.15, -0.1) is 0 Å². The first-order valence-electron chi connectivity index (χ1n) is 11.2. The summed E-state index contributed by atoms with van der Waals surface area (Å²) in [6, 6.07) is 10.3. The van der Waals surface area contributed by atoms with E-state index >= 15 is 0 Å². The molecule has 10 heteroatoms. The highest BCUT2D eigenvalue weighted by molar-refractivity contribution is 6.30. The number of benzene rings is 1. The second-order valence-corrected chi connectivity index (χ2v) is 9.27. The number of likely N-dealkylation sites (tertiary alicyclic amines) is 1. The van der Waals surface area contributed by atoms with Crippen LogP contribution >= 0.6 is 11.6 Å². The molecule has 0 radical (unpaired) electrons. The lowest BCUT2D eigenvalue weighted by atomic mass is 10.0. The van der Waals surface area contributed by atoms with Crippen molar-refractivity contribution in [3.63, 3.8) is 0 Å². The van der Waals surface area contributed by atoms with E-state index in [9.17, 15) is 13.6 Å². The molecule has 0 unspecified atom stereocenters. The zero-order chi connectivity index (χ0) is 24.9. The van der Waals surface area contributed by atoms with Crippen LogP contribution in [0, 0.1) is 0 Å². The summed E-state index contributed by atoms with van der Waals surface area (Å²) in [6.45, 7) is 5.49. The Morgan fingerprint density at radius 3 is 2.53 bits per heavy atom. The van der Waals surface area contributed by atoms with E-state index in [0.717, 1.165) is 5.69 Å². The fourth-order valence-electron chi connectivity index (χ4n) is 3.77. The Morgan fingerprint density at radius 1 is 1.24 bits per heavy atom. The molecule has 7 nitrogen and oxygen atoms in total. The number of anilines is 2. The van der Waals surface area contributed by atoms with Crippen molar-refractivity contribution < 1.29 is 27.8 Å². The first kappa shape index (κ1) is 25.8. The smallest absolute Gasteiger partial charge is 0.410 e. The summed E-state index contributed by atoms with van der Waals surface area (Å²) in [5.41, 5.74) is 0.225.